The molecule has 3 heterocycles. The average molecular weight is 488 g/mol. The summed E-state index contributed by atoms with van der Waals surface area (Å²) < 4.78 is 28.9. The van der Waals surface area contributed by atoms with Gasteiger partial charge in [-0.2, -0.15) is 4.31 Å². The number of carbonyl (C=O) groups excluding carboxylic acids is 1. The van der Waals surface area contributed by atoms with E-state index >= 15 is 0 Å². The summed E-state index contributed by atoms with van der Waals surface area (Å²) in [5, 5.41) is 0. The Morgan fingerprint density at radius 3 is 1.97 bits per heavy atom. The van der Waals surface area contributed by atoms with E-state index in [0.29, 0.717) is 37.5 Å². The third kappa shape index (κ3) is 3.97. The number of amides is 1. The molecule has 0 bridgehead atoms. The van der Waals surface area contributed by atoms with Crippen LogP contribution in [0.4, 0.5) is 5.69 Å². The number of piperazine rings is 1. The predicted octanol–water partition coefficient (Wildman–Crippen LogP) is 3.62. The standard InChI is InChI=1S/C28H29N3O3S/c32-26-20-24-19-25(18-23-12-7-13-31(26)28(23)24)35(33,34)30-16-14-29(15-17-30)27(21-8-3-1-4-9-21)22-10-5-2-6-11-22/h1-6,8-11,18-19,27H,7,12-17,20H2. The molecule has 0 N–H and O–H groups in total. The van der Waals surface area contributed by atoms with Crippen LogP contribution in [0.5, 0.6) is 0 Å². The summed E-state index contributed by atoms with van der Waals surface area (Å²) in [6.07, 6.45) is 2.00. The van der Waals surface area contributed by atoms with Crippen molar-refractivity contribution in [2.75, 3.05) is 37.6 Å². The molecule has 7 heteroatoms. The van der Waals surface area contributed by atoms with E-state index in [-0.39, 0.29) is 11.9 Å². The van der Waals surface area contributed by atoms with Crippen molar-refractivity contribution in [3.05, 3.63) is 95.1 Å². The molecule has 1 fully saturated rings. The van der Waals surface area contributed by atoms with Crippen molar-refractivity contribution in [1.82, 2.24) is 9.21 Å². The quantitative estimate of drug-likeness (QED) is 0.552. The molecule has 3 aliphatic rings. The molecule has 0 spiro atoms. The zero-order chi connectivity index (χ0) is 24.0. The number of benzene rings is 3. The Balaban J connectivity index is 1.25. The Morgan fingerprint density at radius 2 is 1.34 bits per heavy atom. The van der Waals surface area contributed by atoms with E-state index in [1.807, 2.05) is 23.1 Å². The number of aryl methyl sites for hydroxylation is 1. The number of hydrogen-bond acceptors (Lipinski definition) is 4. The fourth-order valence-electron chi connectivity index (χ4n) is 5.83. The second-order valence-corrected chi connectivity index (χ2v) is 11.5. The minimum Gasteiger partial charge on any atom is -0.312 e. The molecular formula is C28H29N3O3S. The molecule has 6 nitrogen and oxygen atoms in total. The van der Waals surface area contributed by atoms with Gasteiger partial charge in [0.05, 0.1) is 23.0 Å². The smallest absolute Gasteiger partial charge is 0.243 e. The van der Waals surface area contributed by atoms with Gasteiger partial charge in [-0.15, -0.1) is 0 Å². The van der Waals surface area contributed by atoms with Crippen LogP contribution in [-0.2, 0) is 27.7 Å². The number of sulfonamides is 1. The molecule has 0 aliphatic carbocycles. The van der Waals surface area contributed by atoms with Gasteiger partial charge in [0.15, 0.2) is 0 Å². The molecule has 0 saturated carbocycles. The molecule has 3 aliphatic heterocycles. The van der Waals surface area contributed by atoms with Gasteiger partial charge in [-0.3, -0.25) is 9.69 Å². The summed E-state index contributed by atoms with van der Waals surface area (Å²) in [6.45, 7) is 2.92. The molecule has 0 radical (unpaired) electrons. The fraction of sp³-hybridized carbons (Fsp3) is 0.321. The summed E-state index contributed by atoms with van der Waals surface area (Å²) in [5.41, 5.74) is 5.23. The molecule has 0 atom stereocenters. The van der Waals surface area contributed by atoms with Crippen molar-refractivity contribution in [3.63, 3.8) is 0 Å². The number of carbonyl (C=O) groups is 1. The second-order valence-electron chi connectivity index (χ2n) is 9.58. The Labute approximate surface area is 206 Å². The lowest BCUT2D eigenvalue weighted by Crippen LogP contribution is -2.49. The Morgan fingerprint density at radius 1 is 0.743 bits per heavy atom. The van der Waals surface area contributed by atoms with Crippen LogP contribution in [0.1, 0.15) is 34.7 Å². The molecular weight excluding hydrogens is 458 g/mol. The van der Waals surface area contributed by atoms with Crippen molar-refractivity contribution in [2.24, 2.45) is 0 Å². The summed E-state index contributed by atoms with van der Waals surface area (Å²) in [7, 11) is -3.63. The van der Waals surface area contributed by atoms with Crippen LogP contribution >= 0.6 is 0 Å². The van der Waals surface area contributed by atoms with Crippen molar-refractivity contribution in [2.45, 2.75) is 30.2 Å². The van der Waals surface area contributed by atoms with Crippen LogP contribution in [0.15, 0.2) is 77.7 Å². The van der Waals surface area contributed by atoms with Gasteiger partial charge in [0.25, 0.3) is 0 Å². The first kappa shape index (κ1) is 22.5. The Bertz CT molecular complexity index is 1310. The van der Waals surface area contributed by atoms with E-state index in [9.17, 15) is 13.2 Å². The number of hydrogen-bond donors (Lipinski definition) is 0. The maximum absolute atomic E-state index is 13.7. The topological polar surface area (TPSA) is 60.9 Å². The average Bonchev–Trinajstić information content (AvgIpc) is 3.22. The van der Waals surface area contributed by atoms with Gasteiger partial charge >= 0.3 is 0 Å². The highest BCUT2D eigenvalue weighted by Gasteiger charge is 2.36. The normalized spacial score (nSPS) is 18.8. The third-order valence-electron chi connectivity index (χ3n) is 7.49. The molecule has 1 saturated heterocycles. The Kier molecular flexibility index (Phi) is 5.71. The number of nitrogens with zero attached hydrogens (tertiary/aromatic N) is 3. The lowest BCUT2D eigenvalue weighted by Gasteiger charge is -2.39. The zero-order valence-electron chi connectivity index (χ0n) is 19.6. The highest BCUT2D eigenvalue weighted by molar-refractivity contribution is 7.89. The van der Waals surface area contributed by atoms with Crippen molar-refractivity contribution in [3.8, 4) is 0 Å². The summed E-state index contributed by atoms with van der Waals surface area (Å²) >= 11 is 0. The van der Waals surface area contributed by atoms with E-state index in [1.54, 1.807) is 10.4 Å². The molecule has 1 amide bonds. The maximum Gasteiger partial charge on any atom is 0.243 e. The first-order valence-corrected chi connectivity index (χ1v) is 13.8. The van der Waals surface area contributed by atoms with Crippen LogP contribution in [0.2, 0.25) is 0 Å². The van der Waals surface area contributed by atoms with Crippen molar-refractivity contribution in [1.29, 1.82) is 0 Å². The van der Waals surface area contributed by atoms with Gasteiger partial charge in [-0.25, -0.2) is 8.42 Å². The van der Waals surface area contributed by atoms with E-state index in [4.69, 9.17) is 0 Å². The number of rotatable bonds is 5. The van der Waals surface area contributed by atoms with Crippen LogP contribution in [0.25, 0.3) is 0 Å². The van der Waals surface area contributed by atoms with Gasteiger partial charge < -0.3 is 4.90 Å². The highest BCUT2D eigenvalue weighted by atomic mass is 32.2. The highest BCUT2D eigenvalue weighted by Crippen LogP contribution is 2.39. The fourth-order valence-corrected chi connectivity index (χ4v) is 7.36. The second kappa shape index (κ2) is 8.90. The van der Waals surface area contributed by atoms with Gasteiger partial charge in [0.2, 0.25) is 15.9 Å². The molecule has 3 aromatic carbocycles. The first-order valence-electron chi connectivity index (χ1n) is 12.3. The van der Waals surface area contributed by atoms with Crippen LogP contribution in [0, 0.1) is 0 Å². The predicted molar refractivity (Wildman–Crippen MR) is 136 cm³/mol. The van der Waals surface area contributed by atoms with Crippen molar-refractivity contribution < 1.29 is 13.2 Å². The molecule has 35 heavy (non-hydrogen) atoms. The maximum atomic E-state index is 13.7. The van der Waals surface area contributed by atoms with Crippen LogP contribution in [0.3, 0.4) is 0 Å². The van der Waals surface area contributed by atoms with Crippen LogP contribution in [-0.4, -0.2) is 56.3 Å². The Hall–Kier alpha value is -3.00. The zero-order valence-corrected chi connectivity index (χ0v) is 20.5. The largest absolute Gasteiger partial charge is 0.312 e. The molecule has 0 unspecified atom stereocenters. The van der Waals surface area contributed by atoms with Crippen LogP contribution < -0.4 is 4.90 Å². The SMILES string of the molecule is O=C1Cc2cc(S(=O)(=O)N3CCN(C(c4ccccc4)c4ccccc4)CC3)cc3c2N1CCC3. The van der Waals surface area contributed by atoms with Crippen molar-refractivity contribution >= 4 is 21.6 Å². The summed E-state index contributed by atoms with van der Waals surface area (Å²) in [6, 6.07) is 24.4. The van der Waals surface area contributed by atoms with E-state index in [1.165, 1.54) is 11.1 Å². The first-order chi connectivity index (χ1) is 17.0. The lowest BCUT2D eigenvalue weighted by atomic mass is 9.96. The number of anilines is 1. The van der Waals surface area contributed by atoms with Gasteiger partial charge in [-0.05, 0) is 47.2 Å². The van der Waals surface area contributed by atoms with Gasteiger partial charge in [0, 0.05) is 32.7 Å². The third-order valence-corrected chi connectivity index (χ3v) is 9.36. The van der Waals surface area contributed by atoms with E-state index in [2.05, 4.69) is 53.4 Å². The monoisotopic (exact) mass is 487 g/mol. The van der Waals surface area contributed by atoms with Gasteiger partial charge in [-0.1, -0.05) is 60.7 Å². The minimum atomic E-state index is -3.63. The van der Waals surface area contributed by atoms with Gasteiger partial charge in [0.1, 0.15) is 0 Å². The summed E-state index contributed by atoms with van der Waals surface area (Å²) in [4.78, 5) is 16.9. The van der Waals surface area contributed by atoms with E-state index < -0.39 is 10.0 Å². The van der Waals surface area contributed by atoms with E-state index in [0.717, 1.165) is 36.2 Å². The summed E-state index contributed by atoms with van der Waals surface area (Å²) in [5.74, 6) is 0.0805. The molecule has 6 rings (SSSR count). The molecule has 0 aromatic heterocycles. The molecule has 3 aromatic rings. The minimum absolute atomic E-state index is 0.0805. The molecule has 180 valence electrons. The lowest BCUT2D eigenvalue weighted by molar-refractivity contribution is -0.117.